The average molecular weight is 315 g/mol. The lowest BCUT2D eigenvalue weighted by Gasteiger charge is -2.08. The van der Waals surface area contributed by atoms with E-state index in [9.17, 15) is 10.1 Å². The van der Waals surface area contributed by atoms with Crippen LogP contribution in [0, 0.1) is 11.3 Å². The standard InChI is InChI=1S/C15H13N3O3S/c1-20-12-4-3-10(13(8-12)21-2)7-11(9-16)14(19)18-15-17-5-6-22-15/h3-8H,1-2H3,(H,17,18,19). The first-order chi connectivity index (χ1) is 10.7. The Bertz CT molecular complexity index is 733. The molecule has 0 radical (unpaired) electrons. The molecular formula is C15H13N3O3S. The first-order valence-electron chi connectivity index (χ1n) is 6.22. The lowest BCUT2D eigenvalue weighted by molar-refractivity contribution is -0.112. The van der Waals surface area contributed by atoms with Gasteiger partial charge in [-0.25, -0.2) is 4.98 Å². The van der Waals surface area contributed by atoms with Gasteiger partial charge in [-0.2, -0.15) is 5.26 Å². The minimum Gasteiger partial charge on any atom is -0.497 e. The summed E-state index contributed by atoms with van der Waals surface area (Å²) in [5, 5.41) is 13.9. The molecule has 0 aliphatic heterocycles. The number of rotatable bonds is 5. The molecule has 6 nitrogen and oxygen atoms in total. The van der Waals surface area contributed by atoms with E-state index in [1.165, 1.54) is 24.5 Å². The summed E-state index contributed by atoms with van der Waals surface area (Å²) in [6.07, 6.45) is 3.03. The zero-order valence-electron chi connectivity index (χ0n) is 12.0. The van der Waals surface area contributed by atoms with Crippen LogP contribution >= 0.6 is 11.3 Å². The number of carbonyl (C=O) groups is 1. The number of amides is 1. The lowest BCUT2D eigenvalue weighted by Crippen LogP contribution is -2.13. The average Bonchev–Trinajstić information content (AvgIpc) is 3.05. The molecule has 0 saturated heterocycles. The van der Waals surface area contributed by atoms with Crippen LogP contribution in [0.25, 0.3) is 6.08 Å². The fourth-order valence-electron chi connectivity index (χ4n) is 1.69. The van der Waals surface area contributed by atoms with E-state index >= 15 is 0 Å². The number of aromatic nitrogens is 1. The van der Waals surface area contributed by atoms with Crippen molar-refractivity contribution in [3.05, 3.63) is 40.9 Å². The number of methoxy groups -OCH3 is 2. The molecule has 112 valence electrons. The van der Waals surface area contributed by atoms with E-state index in [1.807, 2.05) is 6.07 Å². The summed E-state index contributed by atoms with van der Waals surface area (Å²) in [5.41, 5.74) is 0.563. The molecule has 1 aromatic carbocycles. The normalized spacial score (nSPS) is 10.7. The van der Waals surface area contributed by atoms with Crippen molar-refractivity contribution in [3.63, 3.8) is 0 Å². The molecular weight excluding hydrogens is 302 g/mol. The summed E-state index contributed by atoms with van der Waals surface area (Å²) in [7, 11) is 3.06. The number of carbonyl (C=O) groups excluding carboxylic acids is 1. The maximum absolute atomic E-state index is 12.1. The number of nitrogens with zero attached hydrogens (tertiary/aromatic N) is 2. The number of anilines is 1. The van der Waals surface area contributed by atoms with Gasteiger partial charge in [0.2, 0.25) is 0 Å². The second-order valence-corrected chi connectivity index (χ2v) is 4.96. The lowest BCUT2D eigenvalue weighted by atomic mass is 10.1. The first kappa shape index (κ1) is 15.5. The molecule has 0 bridgehead atoms. The molecule has 1 aromatic heterocycles. The molecule has 2 aromatic rings. The molecule has 1 amide bonds. The van der Waals surface area contributed by atoms with Crippen LogP contribution in [0.5, 0.6) is 11.5 Å². The van der Waals surface area contributed by atoms with Gasteiger partial charge in [0.15, 0.2) is 5.13 Å². The van der Waals surface area contributed by atoms with E-state index < -0.39 is 5.91 Å². The summed E-state index contributed by atoms with van der Waals surface area (Å²) in [6, 6.07) is 7.00. The van der Waals surface area contributed by atoms with Crippen molar-refractivity contribution in [2.24, 2.45) is 0 Å². The minimum atomic E-state index is -0.518. The summed E-state index contributed by atoms with van der Waals surface area (Å²) < 4.78 is 10.4. The molecule has 1 heterocycles. The molecule has 0 aliphatic rings. The quantitative estimate of drug-likeness (QED) is 0.677. The molecule has 7 heteroatoms. The molecule has 0 aliphatic carbocycles. The highest BCUT2D eigenvalue weighted by Crippen LogP contribution is 2.26. The minimum absolute atomic E-state index is 0.0429. The van der Waals surface area contributed by atoms with Gasteiger partial charge in [0.25, 0.3) is 5.91 Å². The van der Waals surface area contributed by atoms with E-state index in [4.69, 9.17) is 9.47 Å². The van der Waals surface area contributed by atoms with E-state index in [2.05, 4.69) is 10.3 Å². The van der Waals surface area contributed by atoms with E-state index in [0.717, 1.165) is 0 Å². The molecule has 0 saturated carbocycles. The monoisotopic (exact) mass is 315 g/mol. The van der Waals surface area contributed by atoms with Crippen LogP contribution in [0.4, 0.5) is 5.13 Å². The Kier molecular flexibility index (Phi) is 5.11. The Morgan fingerprint density at radius 2 is 2.23 bits per heavy atom. The summed E-state index contributed by atoms with van der Waals surface area (Å²) in [5.74, 6) is 0.615. The highest BCUT2D eigenvalue weighted by Gasteiger charge is 2.12. The number of hydrogen-bond acceptors (Lipinski definition) is 6. The third kappa shape index (κ3) is 3.62. The van der Waals surface area contributed by atoms with Crippen LogP contribution in [0.2, 0.25) is 0 Å². The second kappa shape index (κ2) is 7.24. The van der Waals surface area contributed by atoms with Gasteiger partial charge in [0.1, 0.15) is 23.1 Å². The largest absolute Gasteiger partial charge is 0.497 e. The fraction of sp³-hybridized carbons (Fsp3) is 0.133. The Balaban J connectivity index is 2.28. The first-order valence-corrected chi connectivity index (χ1v) is 7.10. The Hall–Kier alpha value is -2.85. The van der Waals surface area contributed by atoms with Crippen molar-refractivity contribution in [2.45, 2.75) is 0 Å². The summed E-state index contributed by atoms with van der Waals surface area (Å²) in [6.45, 7) is 0. The zero-order valence-corrected chi connectivity index (χ0v) is 12.8. The molecule has 2 rings (SSSR count). The molecule has 22 heavy (non-hydrogen) atoms. The predicted octanol–water partition coefficient (Wildman–Crippen LogP) is 2.71. The number of nitrogens with one attached hydrogen (secondary N) is 1. The van der Waals surface area contributed by atoms with Gasteiger partial charge in [-0.05, 0) is 18.2 Å². The van der Waals surface area contributed by atoms with Crippen molar-refractivity contribution in [2.75, 3.05) is 19.5 Å². The Morgan fingerprint density at radius 1 is 1.41 bits per heavy atom. The number of hydrogen-bond donors (Lipinski definition) is 1. The van der Waals surface area contributed by atoms with Crippen LogP contribution in [0.3, 0.4) is 0 Å². The van der Waals surface area contributed by atoms with Crippen LogP contribution in [-0.2, 0) is 4.79 Å². The van der Waals surface area contributed by atoms with Gasteiger partial charge >= 0.3 is 0 Å². The summed E-state index contributed by atoms with van der Waals surface area (Å²) in [4.78, 5) is 16.0. The third-order valence-corrected chi connectivity index (χ3v) is 3.45. The number of thiazole rings is 1. The molecule has 1 N–H and O–H groups in total. The Labute approximate surface area is 131 Å². The number of nitriles is 1. The predicted molar refractivity (Wildman–Crippen MR) is 83.9 cm³/mol. The van der Waals surface area contributed by atoms with E-state index in [-0.39, 0.29) is 5.57 Å². The van der Waals surface area contributed by atoms with Gasteiger partial charge < -0.3 is 9.47 Å². The van der Waals surface area contributed by atoms with Crippen molar-refractivity contribution in [1.29, 1.82) is 5.26 Å². The van der Waals surface area contributed by atoms with Gasteiger partial charge in [0.05, 0.1) is 14.2 Å². The smallest absolute Gasteiger partial charge is 0.268 e. The molecule has 0 atom stereocenters. The fourth-order valence-corrected chi connectivity index (χ4v) is 2.22. The SMILES string of the molecule is COc1ccc(C=C(C#N)C(=O)Nc2nccs2)c(OC)c1. The third-order valence-electron chi connectivity index (χ3n) is 2.76. The Morgan fingerprint density at radius 3 is 2.82 bits per heavy atom. The zero-order chi connectivity index (χ0) is 15.9. The molecule has 0 spiro atoms. The maximum Gasteiger partial charge on any atom is 0.268 e. The van der Waals surface area contributed by atoms with Gasteiger partial charge in [-0.1, -0.05) is 0 Å². The van der Waals surface area contributed by atoms with E-state index in [1.54, 1.807) is 36.9 Å². The van der Waals surface area contributed by atoms with Gasteiger partial charge in [0, 0.05) is 23.2 Å². The van der Waals surface area contributed by atoms with Crippen LogP contribution < -0.4 is 14.8 Å². The van der Waals surface area contributed by atoms with Crippen molar-refractivity contribution in [3.8, 4) is 17.6 Å². The molecule has 0 unspecified atom stereocenters. The van der Waals surface area contributed by atoms with Crippen molar-refractivity contribution >= 4 is 28.5 Å². The van der Waals surface area contributed by atoms with Gasteiger partial charge in [-0.3, -0.25) is 10.1 Å². The van der Waals surface area contributed by atoms with Crippen LogP contribution in [0.1, 0.15) is 5.56 Å². The highest BCUT2D eigenvalue weighted by atomic mass is 32.1. The van der Waals surface area contributed by atoms with Crippen molar-refractivity contribution < 1.29 is 14.3 Å². The van der Waals surface area contributed by atoms with Gasteiger partial charge in [-0.15, -0.1) is 11.3 Å². The van der Waals surface area contributed by atoms with Crippen LogP contribution in [-0.4, -0.2) is 25.1 Å². The maximum atomic E-state index is 12.1. The topological polar surface area (TPSA) is 84.2 Å². The second-order valence-electron chi connectivity index (χ2n) is 4.07. The number of ether oxygens (including phenoxy) is 2. The van der Waals surface area contributed by atoms with E-state index in [0.29, 0.717) is 22.2 Å². The highest BCUT2D eigenvalue weighted by molar-refractivity contribution is 7.13. The summed E-state index contributed by atoms with van der Waals surface area (Å²) >= 11 is 1.28. The number of benzene rings is 1. The molecule has 0 fully saturated rings. The van der Waals surface area contributed by atoms with Crippen molar-refractivity contribution in [1.82, 2.24) is 4.98 Å². The van der Waals surface area contributed by atoms with Crippen LogP contribution in [0.15, 0.2) is 35.3 Å².